The van der Waals surface area contributed by atoms with Crippen LogP contribution in [0.25, 0.3) is 21.9 Å². The fourth-order valence-electron chi connectivity index (χ4n) is 3.72. The Morgan fingerprint density at radius 2 is 1.80 bits per heavy atom. The zero-order valence-corrected chi connectivity index (χ0v) is 17.2. The molecule has 0 spiro atoms. The van der Waals surface area contributed by atoms with Crippen LogP contribution in [0, 0.1) is 5.82 Å². The van der Waals surface area contributed by atoms with Crippen LogP contribution in [0.3, 0.4) is 0 Å². The molecule has 156 valence electrons. The maximum atomic E-state index is 13.9. The van der Waals surface area contributed by atoms with Gasteiger partial charge in [0.15, 0.2) is 18.2 Å². The molecule has 0 N–H and O–H groups in total. The van der Waals surface area contributed by atoms with E-state index in [1.165, 1.54) is 13.2 Å². The van der Waals surface area contributed by atoms with Crippen molar-refractivity contribution in [2.24, 2.45) is 0 Å². The van der Waals surface area contributed by atoms with E-state index in [1.54, 1.807) is 12.1 Å². The van der Waals surface area contributed by atoms with Crippen molar-refractivity contribution in [3.63, 3.8) is 0 Å². The quantitative estimate of drug-likeness (QED) is 0.644. The number of hydrogen-bond acceptors (Lipinski definition) is 4. The van der Waals surface area contributed by atoms with Crippen LogP contribution in [0.15, 0.2) is 54.6 Å². The van der Waals surface area contributed by atoms with Crippen molar-refractivity contribution in [2.75, 3.05) is 46.9 Å². The van der Waals surface area contributed by atoms with Crippen LogP contribution >= 0.6 is 0 Å². The minimum absolute atomic E-state index is 0.00572. The predicted molar refractivity (Wildman–Crippen MR) is 115 cm³/mol. The summed E-state index contributed by atoms with van der Waals surface area (Å²) >= 11 is 0. The lowest BCUT2D eigenvalue weighted by Gasteiger charge is -2.32. The minimum Gasteiger partial charge on any atom is -0.494 e. The second kappa shape index (κ2) is 8.71. The van der Waals surface area contributed by atoms with E-state index < -0.39 is 5.82 Å². The molecule has 0 bridgehead atoms. The number of amides is 1. The molecule has 1 heterocycles. The van der Waals surface area contributed by atoms with Gasteiger partial charge in [0.05, 0.1) is 7.11 Å². The Morgan fingerprint density at radius 3 is 2.57 bits per heavy atom. The predicted octanol–water partition coefficient (Wildman–Crippen LogP) is 3.81. The number of methoxy groups -OCH3 is 1. The van der Waals surface area contributed by atoms with E-state index in [-0.39, 0.29) is 18.3 Å². The number of carbonyl (C=O) groups excluding carboxylic acids is 1. The van der Waals surface area contributed by atoms with E-state index in [1.807, 2.05) is 41.3 Å². The van der Waals surface area contributed by atoms with Gasteiger partial charge in [-0.1, -0.05) is 30.3 Å². The van der Waals surface area contributed by atoms with E-state index in [4.69, 9.17) is 9.47 Å². The van der Waals surface area contributed by atoms with Gasteiger partial charge < -0.3 is 19.3 Å². The number of nitrogens with zero attached hydrogens (tertiary/aromatic N) is 2. The highest BCUT2D eigenvalue weighted by atomic mass is 19.1. The largest absolute Gasteiger partial charge is 0.494 e. The Bertz CT molecular complexity index is 1060. The highest BCUT2D eigenvalue weighted by Gasteiger charge is 2.19. The van der Waals surface area contributed by atoms with Crippen molar-refractivity contribution in [2.45, 2.75) is 0 Å². The van der Waals surface area contributed by atoms with Gasteiger partial charge in [-0.15, -0.1) is 0 Å². The maximum Gasteiger partial charge on any atom is 0.260 e. The van der Waals surface area contributed by atoms with Crippen LogP contribution in [0.2, 0.25) is 0 Å². The third kappa shape index (κ3) is 4.24. The number of ether oxygens (including phenoxy) is 2. The molecule has 3 aromatic rings. The van der Waals surface area contributed by atoms with Crippen molar-refractivity contribution in [3.05, 3.63) is 60.4 Å². The highest BCUT2D eigenvalue weighted by Crippen LogP contribution is 2.35. The fraction of sp³-hybridized carbons (Fsp3) is 0.292. The molecule has 6 heteroatoms. The molecule has 1 fully saturated rings. The van der Waals surface area contributed by atoms with Crippen molar-refractivity contribution >= 4 is 16.7 Å². The lowest BCUT2D eigenvalue weighted by atomic mass is 9.97. The Balaban J connectivity index is 1.61. The maximum absolute atomic E-state index is 13.9. The van der Waals surface area contributed by atoms with Gasteiger partial charge in [-0.25, -0.2) is 4.39 Å². The van der Waals surface area contributed by atoms with Crippen molar-refractivity contribution in [3.8, 4) is 22.6 Å². The topological polar surface area (TPSA) is 42.0 Å². The molecule has 0 aromatic heterocycles. The first kappa shape index (κ1) is 20.2. The molecule has 3 aromatic carbocycles. The molecule has 0 unspecified atom stereocenters. The number of rotatable bonds is 5. The monoisotopic (exact) mass is 408 g/mol. The Kier molecular flexibility index (Phi) is 5.86. The third-order valence-electron chi connectivity index (χ3n) is 5.52. The standard InChI is InChI=1S/C24H25FN2O3/c1-26-9-11-27(12-10-26)24(28)16-30-19-13-17-5-3-4-6-20(17)21(15-19)18-7-8-22(25)23(14-18)29-2/h3-8,13-15H,9-12,16H2,1-2H3. The van der Waals surface area contributed by atoms with Gasteiger partial charge in [0.25, 0.3) is 5.91 Å². The van der Waals surface area contributed by atoms with Crippen LogP contribution in [0.4, 0.5) is 4.39 Å². The van der Waals surface area contributed by atoms with Gasteiger partial charge in [-0.05, 0) is 53.2 Å². The molecule has 0 radical (unpaired) electrons. The summed E-state index contributed by atoms with van der Waals surface area (Å²) in [6, 6.07) is 16.5. The average Bonchev–Trinajstić information content (AvgIpc) is 2.77. The second-order valence-corrected chi connectivity index (χ2v) is 7.51. The van der Waals surface area contributed by atoms with Gasteiger partial charge in [-0.3, -0.25) is 4.79 Å². The summed E-state index contributed by atoms with van der Waals surface area (Å²) in [6.45, 7) is 3.18. The Morgan fingerprint density at radius 1 is 1.03 bits per heavy atom. The van der Waals surface area contributed by atoms with Gasteiger partial charge in [0.2, 0.25) is 0 Å². The zero-order chi connectivity index (χ0) is 21.1. The zero-order valence-electron chi connectivity index (χ0n) is 17.2. The van der Waals surface area contributed by atoms with Crippen LogP contribution in [-0.2, 0) is 4.79 Å². The summed E-state index contributed by atoms with van der Waals surface area (Å²) < 4.78 is 24.9. The van der Waals surface area contributed by atoms with Crippen molar-refractivity contribution in [1.29, 1.82) is 0 Å². The SMILES string of the molecule is COc1cc(-c2cc(OCC(=O)N3CCN(C)CC3)cc3ccccc23)ccc1F. The number of piperazine rings is 1. The lowest BCUT2D eigenvalue weighted by molar-refractivity contribution is -0.134. The highest BCUT2D eigenvalue weighted by molar-refractivity contribution is 5.98. The van der Waals surface area contributed by atoms with E-state index in [0.717, 1.165) is 48.1 Å². The number of carbonyl (C=O) groups is 1. The molecule has 0 atom stereocenters. The van der Waals surface area contributed by atoms with Crippen molar-refractivity contribution in [1.82, 2.24) is 9.80 Å². The smallest absolute Gasteiger partial charge is 0.260 e. The first-order valence-corrected chi connectivity index (χ1v) is 10.0. The molecule has 1 aliphatic heterocycles. The van der Waals surface area contributed by atoms with Crippen LogP contribution < -0.4 is 9.47 Å². The van der Waals surface area contributed by atoms with Gasteiger partial charge in [0.1, 0.15) is 5.75 Å². The van der Waals surface area contributed by atoms with E-state index in [9.17, 15) is 9.18 Å². The number of halogens is 1. The molecule has 30 heavy (non-hydrogen) atoms. The van der Waals surface area contributed by atoms with Crippen LogP contribution in [-0.4, -0.2) is 62.7 Å². The van der Waals surface area contributed by atoms with E-state index >= 15 is 0 Å². The first-order chi connectivity index (χ1) is 14.5. The summed E-state index contributed by atoms with van der Waals surface area (Å²) in [5.74, 6) is 0.375. The van der Waals surface area contributed by atoms with Gasteiger partial charge in [-0.2, -0.15) is 0 Å². The molecule has 0 saturated carbocycles. The summed E-state index contributed by atoms with van der Waals surface area (Å²) in [7, 11) is 3.50. The minimum atomic E-state index is -0.407. The number of hydrogen-bond donors (Lipinski definition) is 0. The summed E-state index contributed by atoms with van der Waals surface area (Å²) in [4.78, 5) is 16.6. The number of fused-ring (bicyclic) bond motifs is 1. The fourth-order valence-corrected chi connectivity index (χ4v) is 3.72. The third-order valence-corrected chi connectivity index (χ3v) is 5.52. The Labute approximate surface area is 175 Å². The molecule has 5 nitrogen and oxygen atoms in total. The number of likely N-dealkylation sites (N-methyl/N-ethyl adjacent to an activating group) is 1. The van der Waals surface area contributed by atoms with Crippen molar-refractivity contribution < 1.29 is 18.7 Å². The Hall–Kier alpha value is -3.12. The summed E-state index contributed by atoms with van der Waals surface area (Å²) in [5.41, 5.74) is 1.72. The first-order valence-electron chi connectivity index (χ1n) is 10.0. The normalized spacial score (nSPS) is 14.7. The number of benzene rings is 3. The van der Waals surface area contributed by atoms with Gasteiger partial charge >= 0.3 is 0 Å². The summed E-state index contributed by atoms with van der Waals surface area (Å²) in [6.07, 6.45) is 0. The molecular weight excluding hydrogens is 383 g/mol. The molecule has 1 saturated heterocycles. The molecule has 0 aliphatic carbocycles. The van der Waals surface area contributed by atoms with E-state index in [0.29, 0.717) is 5.75 Å². The van der Waals surface area contributed by atoms with Gasteiger partial charge in [0, 0.05) is 26.2 Å². The summed E-state index contributed by atoms with van der Waals surface area (Å²) in [5, 5.41) is 2.00. The molecule has 1 aliphatic rings. The molecular formula is C24H25FN2O3. The van der Waals surface area contributed by atoms with Crippen LogP contribution in [0.1, 0.15) is 0 Å². The molecule has 4 rings (SSSR count). The average molecular weight is 408 g/mol. The lowest BCUT2D eigenvalue weighted by Crippen LogP contribution is -2.48. The second-order valence-electron chi connectivity index (χ2n) is 7.51. The molecule has 1 amide bonds. The van der Waals surface area contributed by atoms with E-state index in [2.05, 4.69) is 11.9 Å². The van der Waals surface area contributed by atoms with Crippen LogP contribution in [0.5, 0.6) is 11.5 Å².